The van der Waals surface area contributed by atoms with Crippen LogP contribution in [0.5, 0.6) is 0 Å². The molecule has 0 aromatic heterocycles. The molecule has 25 heavy (non-hydrogen) atoms. The van der Waals surface area contributed by atoms with Crippen molar-refractivity contribution in [3.05, 3.63) is 0 Å². The molecule has 10 atom stereocenters. The summed E-state index contributed by atoms with van der Waals surface area (Å²) in [5, 5.41) is 61.3. The quantitative estimate of drug-likeness (QED) is 0.123. The molecule has 0 amide bonds. The second-order valence-corrected chi connectivity index (χ2v) is 6.24. The maximum atomic E-state index is 10.1. The number of aliphatic hydroxyl groups is 5. The summed E-state index contributed by atoms with van der Waals surface area (Å²) in [6.07, 6.45) is -13.0. The molecular formula is C12H22O12S. The minimum atomic E-state index is -1.61. The molecule has 4 unspecified atom stereocenters. The summed E-state index contributed by atoms with van der Waals surface area (Å²) in [6, 6.07) is 0. The van der Waals surface area contributed by atoms with Gasteiger partial charge in [0.1, 0.15) is 36.6 Å². The standard InChI is InChI=1S/C12H22O12S/c1-3-5(13)10(8(16)11(17)19-3)21-12-7(15)6(14)9(4(2)20-12)22-25-24-23-18/h3-18H,1-2H3/t3?,4?,5-,6-,7?,8?,9-,10+,11-,12+/m1/s1. The summed E-state index contributed by atoms with van der Waals surface area (Å²) in [7, 11) is 0. The average molecular weight is 390 g/mol. The molecule has 2 aliphatic heterocycles. The minimum absolute atomic E-state index is 0.214. The lowest BCUT2D eigenvalue weighted by atomic mass is 9.97. The lowest BCUT2D eigenvalue weighted by molar-refractivity contribution is -0.435. The van der Waals surface area contributed by atoms with Gasteiger partial charge in [0.2, 0.25) is 0 Å². The van der Waals surface area contributed by atoms with Crippen molar-refractivity contribution in [1.29, 1.82) is 0 Å². The van der Waals surface area contributed by atoms with Crippen LogP contribution in [-0.2, 0) is 27.8 Å². The van der Waals surface area contributed by atoms with Crippen molar-refractivity contribution in [2.75, 3.05) is 0 Å². The summed E-state index contributed by atoms with van der Waals surface area (Å²) >= 11 is 0.214. The van der Waals surface area contributed by atoms with Gasteiger partial charge in [0, 0.05) is 0 Å². The largest absolute Gasteiger partial charge is 0.388 e. The van der Waals surface area contributed by atoms with E-state index in [0.29, 0.717) is 0 Å². The van der Waals surface area contributed by atoms with Gasteiger partial charge in [-0.25, -0.2) is 5.26 Å². The Kier molecular flexibility index (Phi) is 7.78. The molecule has 0 radical (unpaired) electrons. The van der Waals surface area contributed by atoms with Crippen molar-refractivity contribution >= 4 is 12.3 Å². The Balaban J connectivity index is 2.00. The van der Waals surface area contributed by atoms with Crippen LogP contribution in [-0.4, -0.2) is 92.2 Å². The zero-order chi connectivity index (χ0) is 18.7. The van der Waals surface area contributed by atoms with Crippen LogP contribution in [0.2, 0.25) is 0 Å². The summed E-state index contributed by atoms with van der Waals surface area (Å²) in [5.74, 6) is 0. The first-order chi connectivity index (χ1) is 11.8. The second-order valence-electron chi connectivity index (χ2n) is 5.78. The van der Waals surface area contributed by atoms with E-state index < -0.39 is 61.4 Å². The topological polar surface area (TPSA) is 177 Å². The highest BCUT2D eigenvalue weighted by Gasteiger charge is 2.49. The van der Waals surface area contributed by atoms with Crippen LogP contribution >= 0.6 is 12.3 Å². The van der Waals surface area contributed by atoms with Gasteiger partial charge in [0.15, 0.2) is 24.9 Å². The molecule has 0 aromatic rings. The summed E-state index contributed by atoms with van der Waals surface area (Å²) in [4.78, 5) is 0. The maximum Gasteiger partial charge on any atom is 0.198 e. The highest BCUT2D eigenvalue weighted by atomic mass is 32.2. The van der Waals surface area contributed by atoms with Crippen molar-refractivity contribution in [2.24, 2.45) is 0 Å². The van der Waals surface area contributed by atoms with Crippen LogP contribution in [0.4, 0.5) is 0 Å². The number of ether oxygens (including phenoxy) is 3. The molecule has 0 bridgehead atoms. The van der Waals surface area contributed by atoms with Crippen molar-refractivity contribution in [1.82, 2.24) is 0 Å². The molecular weight excluding hydrogens is 368 g/mol. The van der Waals surface area contributed by atoms with Crippen LogP contribution in [0.3, 0.4) is 0 Å². The number of aliphatic hydroxyl groups excluding tert-OH is 5. The van der Waals surface area contributed by atoms with Gasteiger partial charge >= 0.3 is 0 Å². The molecule has 2 aliphatic rings. The van der Waals surface area contributed by atoms with E-state index in [1.807, 2.05) is 0 Å². The molecule has 0 spiro atoms. The first-order valence-electron chi connectivity index (χ1n) is 7.44. The number of hydrogen-bond donors (Lipinski definition) is 6. The monoisotopic (exact) mass is 390 g/mol. The molecule has 2 heterocycles. The van der Waals surface area contributed by atoms with Gasteiger partial charge in [-0.15, -0.1) is 4.33 Å². The average Bonchev–Trinajstić information content (AvgIpc) is 2.57. The minimum Gasteiger partial charge on any atom is -0.388 e. The van der Waals surface area contributed by atoms with Crippen molar-refractivity contribution in [3.8, 4) is 0 Å². The molecule has 0 saturated carbocycles. The van der Waals surface area contributed by atoms with E-state index in [0.717, 1.165) is 0 Å². The van der Waals surface area contributed by atoms with Crippen molar-refractivity contribution in [3.63, 3.8) is 0 Å². The van der Waals surface area contributed by atoms with E-state index in [1.54, 1.807) is 0 Å². The molecule has 0 aliphatic carbocycles. The van der Waals surface area contributed by atoms with Gasteiger partial charge in [-0.05, 0) is 13.8 Å². The molecule has 0 aromatic carbocycles. The predicted molar refractivity (Wildman–Crippen MR) is 77.1 cm³/mol. The number of hydrogen-bond acceptors (Lipinski definition) is 13. The van der Waals surface area contributed by atoms with Crippen LogP contribution in [0.25, 0.3) is 0 Å². The fourth-order valence-corrected chi connectivity index (χ4v) is 3.07. The third-order valence-corrected chi connectivity index (χ3v) is 4.49. The Hall–Kier alpha value is -0.130. The van der Waals surface area contributed by atoms with Crippen LogP contribution in [0, 0.1) is 0 Å². The van der Waals surface area contributed by atoms with Crippen LogP contribution in [0.15, 0.2) is 0 Å². The van der Waals surface area contributed by atoms with E-state index in [4.69, 9.17) is 23.7 Å². The second kappa shape index (κ2) is 9.18. The van der Waals surface area contributed by atoms with E-state index in [1.165, 1.54) is 13.8 Å². The lowest BCUT2D eigenvalue weighted by Gasteiger charge is -2.45. The van der Waals surface area contributed by atoms with E-state index in [-0.39, 0.29) is 12.3 Å². The van der Waals surface area contributed by atoms with Crippen molar-refractivity contribution in [2.45, 2.75) is 75.3 Å². The first-order valence-corrected chi connectivity index (χ1v) is 8.11. The fraction of sp³-hybridized carbons (Fsp3) is 1.00. The Morgan fingerprint density at radius 2 is 1.48 bits per heavy atom. The molecule has 13 heteroatoms. The maximum absolute atomic E-state index is 10.1. The van der Waals surface area contributed by atoms with Gasteiger partial charge < -0.3 is 39.7 Å². The van der Waals surface area contributed by atoms with Gasteiger partial charge in [0.05, 0.1) is 12.2 Å². The third kappa shape index (κ3) is 4.78. The highest BCUT2D eigenvalue weighted by molar-refractivity contribution is 7.89. The Bertz CT molecular complexity index is 402. The Labute approximate surface area is 147 Å². The molecule has 148 valence electrons. The molecule has 2 saturated heterocycles. The van der Waals surface area contributed by atoms with Gasteiger partial charge in [0.25, 0.3) is 0 Å². The highest BCUT2D eigenvalue weighted by Crippen LogP contribution is 2.30. The van der Waals surface area contributed by atoms with Gasteiger partial charge in [-0.3, -0.25) is 4.18 Å². The zero-order valence-electron chi connectivity index (χ0n) is 13.3. The van der Waals surface area contributed by atoms with Crippen LogP contribution in [0.1, 0.15) is 13.8 Å². The summed E-state index contributed by atoms with van der Waals surface area (Å²) in [6.45, 7) is 2.97. The van der Waals surface area contributed by atoms with E-state index in [2.05, 4.69) is 9.37 Å². The van der Waals surface area contributed by atoms with E-state index >= 15 is 0 Å². The van der Waals surface area contributed by atoms with Gasteiger partial charge in [-0.2, -0.15) is 0 Å². The number of rotatable bonds is 6. The van der Waals surface area contributed by atoms with Gasteiger partial charge in [-0.1, -0.05) is 5.04 Å². The smallest absolute Gasteiger partial charge is 0.198 e. The molecule has 6 N–H and O–H groups in total. The van der Waals surface area contributed by atoms with Crippen molar-refractivity contribution < 1.29 is 58.6 Å². The molecule has 12 nitrogen and oxygen atoms in total. The fourth-order valence-electron chi connectivity index (χ4n) is 2.65. The lowest BCUT2D eigenvalue weighted by Crippen LogP contribution is -2.63. The molecule has 2 fully saturated rings. The summed E-state index contributed by atoms with van der Waals surface area (Å²) in [5.41, 5.74) is 0. The van der Waals surface area contributed by atoms with Crippen LogP contribution < -0.4 is 0 Å². The predicted octanol–water partition coefficient (Wildman–Crippen LogP) is -2.33. The normalized spacial score (nSPS) is 48.5. The third-order valence-electron chi connectivity index (χ3n) is 4.08. The zero-order valence-corrected chi connectivity index (χ0v) is 14.1. The molecule has 2 rings (SSSR count). The Morgan fingerprint density at radius 3 is 2.12 bits per heavy atom. The summed E-state index contributed by atoms with van der Waals surface area (Å²) < 4.78 is 24.8. The SMILES string of the molecule is CC1O[C@@H](O)C(O)[C@@H](O[C@@H]2OC(C)[C@@H](OSOOO)[C@H](O)C2O)[C@@H]1O. The van der Waals surface area contributed by atoms with E-state index in [9.17, 15) is 25.5 Å². The Morgan fingerprint density at radius 1 is 0.800 bits per heavy atom. The first kappa shape index (κ1) is 21.2.